The third kappa shape index (κ3) is 5.30. The first-order valence-corrected chi connectivity index (χ1v) is 10.6. The van der Waals surface area contributed by atoms with Gasteiger partial charge >= 0.3 is 0 Å². The van der Waals surface area contributed by atoms with Crippen molar-refractivity contribution >= 4 is 45.5 Å². The molecule has 2 aromatic carbocycles. The van der Waals surface area contributed by atoms with Gasteiger partial charge in [-0.05, 0) is 42.2 Å². The Kier molecular flexibility index (Phi) is 6.64. The van der Waals surface area contributed by atoms with Crippen LogP contribution in [0, 0.1) is 12.7 Å². The molecule has 0 atom stereocenters. The van der Waals surface area contributed by atoms with Crippen LogP contribution in [0.15, 0.2) is 46.8 Å². The van der Waals surface area contributed by atoms with Crippen LogP contribution < -0.4 is 10.6 Å². The smallest absolute Gasteiger partial charge is 0.234 e. The van der Waals surface area contributed by atoms with Crippen LogP contribution in [0.2, 0.25) is 0 Å². The molecule has 0 radical (unpaired) electrons. The summed E-state index contributed by atoms with van der Waals surface area (Å²) >= 11 is 2.64. The lowest BCUT2D eigenvalue weighted by molar-refractivity contribution is -0.113. The summed E-state index contributed by atoms with van der Waals surface area (Å²) in [5.74, 6) is 0.150. The number of nitrogens with zero attached hydrogens (tertiary/aromatic N) is 2. The first-order chi connectivity index (χ1) is 13.4. The number of carbonyl (C=O) groups excluding carboxylic acids is 1. The van der Waals surface area contributed by atoms with Crippen molar-refractivity contribution in [2.75, 3.05) is 16.4 Å². The number of halogens is 1. The summed E-state index contributed by atoms with van der Waals surface area (Å²) in [7, 11) is 0. The van der Waals surface area contributed by atoms with Crippen molar-refractivity contribution in [2.24, 2.45) is 0 Å². The summed E-state index contributed by atoms with van der Waals surface area (Å²) in [5.41, 5.74) is 3.65. The predicted molar refractivity (Wildman–Crippen MR) is 114 cm³/mol. The second kappa shape index (κ2) is 9.16. The third-order valence-corrected chi connectivity index (χ3v) is 5.97. The zero-order valence-corrected chi connectivity index (χ0v) is 17.5. The van der Waals surface area contributed by atoms with Crippen molar-refractivity contribution in [1.29, 1.82) is 0 Å². The maximum absolute atomic E-state index is 13.2. The third-order valence-electron chi connectivity index (χ3n) is 4.00. The second-order valence-corrected chi connectivity index (χ2v) is 8.74. The molecule has 0 aliphatic heterocycles. The lowest BCUT2D eigenvalue weighted by atomic mass is 9.98. The Morgan fingerprint density at radius 1 is 1.21 bits per heavy atom. The highest BCUT2D eigenvalue weighted by atomic mass is 32.2. The first-order valence-electron chi connectivity index (χ1n) is 8.80. The van der Waals surface area contributed by atoms with E-state index in [1.807, 2.05) is 25.1 Å². The van der Waals surface area contributed by atoms with E-state index in [1.165, 1.54) is 35.2 Å². The van der Waals surface area contributed by atoms with E-state index >= 15 is 0 Å². The van der Waals surface area contributed by atoms with Gasteiger partial charge in [0.05, 0.1) is 5.75 Å². The van der Waals surface area contributed by atoms with Crippen LogP contribution in [-0.2, 0) is 4.79 Å². The zero-order valence-electron chi connectivity index (χ0n) is 15.8. The summed E-state index contributed by atoms with van der Waals surface area (Å²) in [6.45, 7) is 6.20. The monoisotopic (exact) mass is 416 g/mol. The fourth-order valence-electron chi connectivity index (χ4n) is 2.65. The van der Waals surface area contributed by atoms with E-state index in [9.17, 15) is 9.18 Å². The molecule has 1 aromatic heterocycles. The molecule has 0 aliphatic rings. The van der Waals surface area contributed by atoms with Crippen LogP contribution in [0.5, 0.6) is 0 Å². The average Bonchev–Trinajstić information content (AvgIpc) is 3.09. The van der Waals surface area contributed by atoms with Crippen molar-refractivity contribution in [2.45, 2.75) is 31.0 Å². The Hall–Kier alpha value is -2.45. The summed E-state index contributed by atoms with van der Waals surface area (Å²) in [6, 6.07) is 12.2. The summed E-state index contributed by atoms with van der Waals surface area (Å²) < 4.78 is 13.9. The number of amides is 1. The molecule has 5 nitrogen and oxygen atoms in total. The van der Waals surface area contributed by atoms with E-state index in [0.717, 1.165) is 16.8 Å². The van der Waals surface area contributed by atoms with Crippen LogP contribution in [0.4, 0.5) is 20.9 Å². The molecule has 0 aliphatic carbocycles. The minimum absolute atomic E-state index is 0.0870. The van der Waals surface area contributed by atoms with Crippen LogP contribution in [0.3, 0.4) is 0 Å². The molecule has 0 spiro atoms. The van der Waals surface area contributed by atoms with Crippen molar-refractivity contribution < 1.29 is 9.18 Å². The first kappa shape index (κ1) is 20.3. The highest BCUT2D eigenvalue weighted by Crippen LogP contribution is 2.30. The Morgan fingerprint density at radius 3 is 2.75 bits per heavy atom. The van der Waals surface area contributed by atoms with Crippen LogP contribution in [-0.4, -0.2) is 21.9 Å². The number of carbonyl (C=O) groups is 1. The summed E-state index contributed by atoms with van der Waals surface area (Å²) in [5, 5.41) is 14.7. The normalized spacial score (nSPS) is 10.9. The van der Waals surface area contributed by atoms with Gasteiger partial charge in [0.1, 0.15) is 5.82 Å². The average molecular weight is 417 g/mol. The topological polar surface area (TPSA) is 66.9 Å². The SMILES string of the molecule is Cc1cccc(C(C)C)c1NC(=O)CSc1nnc(Nc2cccc(F)c2)s1. The molecule has 28 heavy (non-hydrogen) atoms. The van der Waals surface area contributed by atoms with Gasteiger partial charge in [-0.1, -0.05) is 61.2 Å². The minimum atomic E-state index is -0.322. The van der Waals surface area contributed by atoms with Gasteiger partial charge in [-0.15, -0.1) is 10.2 Å². The summed E-state index contributed by atoms with van der Waals surface area (Å²) in [6.07, 6.45) is 0. The number of nitrogens with one attached hydrogen (secondary N) is 2. The lowest BCUT2D eigenvalue weighted by Crippen LogP contribution is -2.16. The predicted octanol–water partition coefficient (Wildman–Crippen LogP) is 5.58. The van der Waals surface area contributed by atoms with Gasteiger partial charge in [-0.3, -0.25) is 4.79 Å². The molecule has 0 bridgehead atoms. The second-order valence-electron chi connectivity index (χ2n) is 6.54. The molecule has 3 aromatic rings. The fraction of sp³-hybridized carbons (Fsp3) is 0.250. The number of rotatable bonds is 7. The molecule has 1 amide bonds. The Labute approximate surface area is 171 Å². The van der Waals surface area contributed by atoms with Gasteiger partial charge in [0.25, 0.3) is 0 Å². The highest BCUT2D eigenvalue weighted by Gasteiger charge is 2.13. The van der Waals surface area contributed by atoms with Gasteiger partial charge in [-0.25, -0.2) is 4.39 Å². The number of hydrogen-bond acceptors (Lipinski definition) is 6. The van der Waals surface area contributed by atoms with Crippen LogP contribution >= 0.6 is 23.1 Å². The molecular weight excluding hydrogens is 395 g/mol. The molecule has 0 saturated heterocycles. The molecule has 146 valence electrons. The van der Waals surface area contributed by atoms with Gasteiger partial charge in [-0.2, -0.15) is 0 Å². The van der Waals surface area contributed by atoms with Gasteiger partial charge < -0.3 is 10.6 Å². The van der Waals surface area contributed by atoms with Crippen LogP contribution in [0.1, 0.15) is 30.9 Å². The van der Waals surface area contributed by atoms with E-state index in [4.69, 9.17) is 0 Å². The molecule has 1 heterocycles. The van der Waals surface area contributed by atoms with Crippen molar-refractivity contribution in [3.63, 3.8) is 0 Å². The number of aromatic nitrogens is 2. The number of para-hydroxylation sites is 1. The molecule has 2 N–H and O–H groups in total. The number of anilines is 3. The van der Waals surface area contributed by atoms with Crippen LogP contribution in [0.25, 0.3) is 0 Å². The largest absolute Gasteiger partial charge is 0.330 e. The quantitative estimate of drug-likeness (QED) is 0.492. The Bertz CT molecular complexity index is 974. The maximum atomic E-state index is 13.2. The van der Waals surface area contributed by atoms with E-state index in [-0.39, 0.29) is 17.5 Å². The van der Waals surface area contributed by atoms with Gasteiger partial charge in [0.15, 0.2) is 4.34 Å². The van der Waals surface area contributed by atoms with Crippen molar-refractivity contribution in [3.8, 4) is 0 Å². The minimum Gasteiger partial charge on any atom is -0.330 e. The zero-order chi connectivity index (χ0) is 20.1. The number of aryl methyl sites for hydroxylation is 1. The van der Waals surface area contributed by atoms with E-state index in [2.05, 4.69) is 34.7 Å². The van der Waals surface area contributed by atoms with Crippen molar-refractivity contribution in [3.05, 3.63) is 59.4 Å². The van der Waals surface area contributed by atoms with E-state index in [1.54, 1.807) is 12.1 Å². The fourth-order valence-corrected chi connectivity index (χ4v) is 4.23. The van der Waals surface area contributed by atoms with Crippen molar-refractivity contribution in [1.82, 2.24) is 10.2 Å². The maximum Gasteiger partial charge on any atom is 0.234 e. The Morgan fingerprint density at radius 2 is 2.00 bits per heavy atom. The van der Waals surface area contributed by atoms with E-state index < -0.39 is 0 Å². The molecule has 0 saturated carbocycles. The lowest BCUT2D eigenvalue weighted by Gasteiger charge is -2.16. The van der Waals surface area contributed by atoms with Gasteiger partial charge in [0, 0.05) is 11.4 Å². The Balaban J connectivity index is 1.58. The molecule has 0 unspecified atom stereocenters. The number of hydrogen-bond donors (Lipinski definition) is 2. The molecule has 3 rings (SSSR count). The highest BCUT2D eigenvalue weighted by molar-refractivity contribution is 8.01. The van der Waals surface area contributed by atoms with Gasteiger partial charge in [0.2, 0.25) is 11.0 Å². The number of benzene rings is 2. The molecular formula is C20H21FN4OS2. The molecule has 0 fully saturated rings. The molecule has 8 heteroatoms. The van der Waals surface area contributed by atoms with E-state index in [0.29, 0.717) is 21.1 Å². The number of thioether (sulfide) groups is 1. The summed E-state index contributed by atoms with van der Waals surface area (Å²) in [4.78, 5) is 12.4. The standard InChI is InChI=1S/C20H21FN4OS2/c1-12(2)16-9-4-6-13(3)18(16)23-17(26)11-27-20-25-24-19(28-20)22-15-8-5-7-14(21)10-15/h4-10,12H,11H2,1-3H3,(H,22,24)(H,23,26).